The molecule has 2 nitrogen and oxygen atoms in total. The third kappa shape index (κ3) is 3.53. The highest BCUT2D eigenvalue weighted by Crippen LogP contribution is 2.27. The van der Waals surface area contributed by atoms with E-state index in [9.17, 15) is 9.90 Å². The van der Waals surface area contributed by atoms with Gasteiger partial charge in [-0.15, -0.1) is 0 Å². The minimum atomic E-state index is -0.846. The molecule has 0 aliphatic carbocycles. The van der Waals surface area contributed by atoms with Crippen LogP contribution in [0.5, 0.6) is 0 Å². The van der Waals surface area contributed by atoms with E-state index in [-0.39, 0.29) is 0 Å². The highest BCUT2D eigenvalue weighted by molar-refractivity contribution is 6.42. The van der Waals surface area contributed by atoms with Crippen LogP contribution in [-0.4, -0.2) is 11.1 Å². The van der Waals surface area contributed by atoms with E-state index in [1.165, 1.54) is 0 Å². The minimum absolute atomic E-state index is 0.385. The van der Waals surface area contributed by atoms with Gasteiger partial charge in [0.25, 0.3) is 0 Å². The van der Waals surface area contributed by atoms with Crippen LogP contribution in [0.1, 0.15) is 22.6 Å². The van der Waals surface area contributed by atoms with Crippen molar-refractivity contribution in [3.8, 4) is 0 Å². The summed E-state index contributed by atoms with van der Waals surface area (Å²) < 4.78 is 0. The van der Waals surface area contributed by atoms with Crippen molar-refractivity contribution in [1.82, 2.24) is 0 Å². The quantitative estimate of drug-likeness (QED) is 0.888. The molecular formula is C16H14Cl2O2. The van der Waals surface area contributed by atoms with Gasteiger partial charge in [0, 0.05) is 0 Å². The van der Waals surface area contributed by atoms with Gasteiger partial charge in [-0.1, -0.05) is 59.1 Å². The topological polar surface area (TPSA) is 37.3 Å². The maximum absolute atomic E-state index is 11.5. The van der Waals surface area contributed by atoms with Gasteiger partial charge >= 0.3 is 5.97 Å². The van der Waals surface area contributed by atoms with Crippen molar-refractivity contribution < 1.29 is 9.90 Å². The summed E-state index contributed by atoms with van der Waals surface area (Å²) in [5, 5.41) is 10.4. The van der Waals surface area contributed by atoms with Crippen LogP contribution < -0.4 is 0 Å². The Hall–Kier alpha value is -1.51. The number of hydrogen-bond acceptors (Lipinski definition) is 1. The molecule has 2 aromatic rings. The Morgan fingerprint density at radius 1 is 1.15 bits per heavy atom. The highest BCUT2D eigenvalue weighted by atomic mass is 35.5. The van der Waals surface area contributed by atoms with Crippen LogP contribution >= 0.6 is 23.2 Å². The van der Waals surface area contributed by atoms with Crippen LogP contribution in [0.15, 0.2) is 42.5 Å². The molecule has 0 spiro atoms. The van der Waals surface area contributed by atoms with E-state index in [4.69, 9.17) is 23.2 Å². The molecule has 0 radical (unpaired) electrons. The summed E-state index contributed by atoms with van der Waals surface area (Å²) in [7, 11) is 0. The Kier molecular flexibility index (Phi) is 4.69. The van der Waals surface area contributed by atoms with Gasteiger partial charge in [0.2, 0.25) is 0 Å². The molecule has 2 aromatic carbocycles. The normalized spacial score (nSPS) is 12.2. The smallest absolute Gasteiger partial charge is 0.311 e. The van der Waals surface area contributed by atoms with Crippen molar-refractivity contribution in [2.45, 2.75) is 19.3 Å². The standard InChI is InChI=1S/C16H14Cl2O2/c1-10-3-2-4-12(7-10)13(16(19)20)8-11-5-6-14(17)15(18)9-11/h2-7,9,13H,8H2,1H3,(H,19,20). The van der Waals surface area contributed by atoms with Crippen LogP contribution in [0.2, 0.25) is 10.0 Å². The van der Waals surface area contributed by atoms with Crippen LogP contribution in [0.3, 0.4) is 0 Å². The first-order chi connectivity index (χ1) is 9.47. The Morgan fingerprint density at radius 2 is 1.90 bits per heavy atom. The Bertz CT molecular complexity index is 638. The van der Waals surface area contributed by atoms with Crippen LogP contribution in [-0.2, 0) is 11.2 Å². The Labute approximate surface area is 128 Å². The summed E-state index contributed by atoms with van der Waals surface area (Å²) >= 11 is 11.8. The first-order valence-corrected chi connectivity index (χ1v) is 6.96. The van der Waals surface area contributed by atoms with Crippen molar-refractivity contribution in [1.29, 1.82) is 0 Å². The van der Waals surface area contributed by atoms with Gasteiger partial charge in [-0.2, -0.15) is 0 Å². The molecule has 0 fully saturated rings. The van der Waals surface area contributed by atoms with Gasteiger partial charge in [-0.25, -0.2) is 0 Å². The molecule has 0 heterocycles. The molecule has 0 aliphatic heterocycles. The largest absolute Gasteiger partial charge is 0.481 e. The zero-order chi connectivity index (χ0) is 14.7. The van der Waals surface area contributed by atoms with E-state index in [0.29, 0.717) is 16.5 Å². The molecule has 0 saturated carbocycles. The van der Waals surface area contributed by atoms with Gasteiger partial charge in [-0.05, 0) is 36.6 Å². The van der Waals surface area contributed by atoms with Crippen molar-refractivity contribution >= 4 is 29.2 Å². The fraction of sp³-hybridized carbons (Fsp3) is 0.188. The van der Waals surface area contributed by atoms with Gasteiger partial charge in [-0.3, -0.25) is 4.79 Å². The lowest BCUT2D eigenvalue weighted by Gasteiger charge is -2.14. The molecule has 1 atom stereocenters. The Morgan fingerprint density at radius 3 is 2.50 bits per heavy atom. The molecule has 104 valence electrons. The fourth-order valence-electron chi connectivity index (χ4n) is 2.14. The molecule has 20 heavy (non-hydrogen) atoms. The van der Waals surface area contributed by atoms with E-state index in [0.717, 1.165) is 16.7 Å². The molecule has 1 unspecified atom stereocenters. The molecule has 4 heteroatoms. The van der Waals surface area contributed by atoms with Gasteiger partial charge in [0.15, 0.2) is 0 Å². The minimum Gasteiger partial charge on any atom is -0.481 e. The molecule has 0 aliphatic rings. The lowest BCUT2D eigenvalue weighted by Crippen LogP contribution is -2.14. The summed E-state index contributed by atoms with van der Waals surface area (Å²) in [6, 6.07) is 12.8. The number of hydrogen-bond donors (Lipinski definition) is 1. The summed E-state index contributed by atoms with van der Waals surface area (Å²) in [5.74, 6) is -1.44. The number of benzene rings is 2. The lowest BCUT2D eigenvalue weighted by molar-refractivity contribution is -0.138. The van der Waals surface area contributed by atoms with E-state index >= 15 is 0 Å². The van der Waals surface area contributed by atoms with Crippen LogP contribution in [0.4, 0.5) is 0 Å². The molecule has 0 amide bonds. The third-order valence-corrected chi connectivity index (χ3v) is 3.91. The van der Waals surface area contributed by atoms with Gasteiger partial charge in [0.1, 0.15) is 0 Å². The molecule has 2 rings (SSSR count). The second-order valence-corrected chi connectivity index (χ2v) is 5.57. The molecule has 1 N–H and O–H groups in total. The molecule has 0 aromatic heterocycles. The van der Waals surface area contributed by atoms with Gasteiger partial charge < -0.3 is 5.11 Å². The maximum Gasteiger partial charge on any atom is 0.311 e. The van der Waals surface area contributed by atoms with Gasteiger partial charge in [0.05, 0.1) is 16.0 Å². The average molecular weight is 309 g/mol. The number of halogens is 2. The monoisotopic (exact) mass is 308 g/mol. The number of carbonyl (C=O) groups is 1. The zero-order valence-corrected chi connectivity index (χ0v) is 12.4. The maximum atomic E-state index is 11.5. The van der Waals surface area contributed by atoms with Crippen molar-refractivity contribution in [3.63, 3.8) is 0 Å². The SMILES string of the molecule is Cc1cccc(C(Cc2ccc(Cl)c(Cl)c2)C(=O)O)c1. The van der Waals surface area contributed by atoms with Crippen molar-refractivity contribution in [2.24, 2.45) is 0 Å². The number of carboxylic acids is 1. The number of aliphatic carboxylic acids is 1. The third-order valence-electron chi connectivity index (χ3n) is 3.17. The lowest BCUT2D eigenvalue weighted by atomic mass is 9.91. The van der Waals surface area contributed by atoms with E-state index in [1.807, 2.05) is 31.2 Å². The fourth-order valence-corrected chi connectivity index (χ4v) is 2.46. The molecular weight excluding hydrogens is 295 g/mol. The van der Waals surface area contributed by atoms with E-state index in [2.05, 4.69) is 0 Å². The van der Waals surface area contributed by atoms with Crippen LogP contribution in [0.25, 0.3) is 0 Å². The van der Waals surface area contributed by atoms with Crippen molar-refractivity contribution in [3.05, 3.63) is 69.2 Å². The predicted molar refractivity (Wildman–Crippen MR) is 81.7 cm³/mol. The van der Waals surface area contributed by atoms with E-state index < -0.39 is 11.9 Å². The number of carboxylic acid groups (broad SMARTS) is 1. The number of rotatable bonds is 4. The highest BCUT2D eigenvalue weighted by Gasteiger charge is 2.20. The summed E-state index contributed by atoms with van der Waals surface area (Å²) in [5.41, 5.74) is 2.69. The first kappa shape index (κ1) is 14.9. The molecule has 0 bridgehead atoms. The second-order valence-electron chi connectivity index (χ2n) is 4.76. The Balaban J connectivity index is 2.30. The summed E-state index contributed by atoms with van der Waals surface area (Å²) in [6.07, 6.45) is 0.385. The second kappa shape index (κ2) is 6.29. The van der Waals surface area contributed by atoms with Crippen LogP contribution in [0, 0.1) is 6.92 Å². The summed E-state index contributed by atoms with van der Waals surface area (Å²) in [4.78, 5) is 11.5. The predicted octanol–water partition coefficient (Wildman–Crippen LogP) is 4.71. The first-order valence-electron chi connectivity index (χ1n) is 6.20. The average Bonchev–Trinajstić information content (AvgIpc) is 2.39. The van der Waals surface area contributed by atoms with E-state index in [1.54, 1.807) is 18.2 Å². The molecule has 0 saturated heterocycles. The van der Waals surface area contributed by atoms with Crippen molar-refractivity contribution in [2.75, 3.05) is 0 Å². The number of aryl methyl sites for hydroxylation is 1. The summed E-state index contributed by atoms with van der Waals surface area (Å²) in [6.45, 7) is 1.95. The zero-order valence-electron chi connectivity index (χ0n) is 10.9.